The minimum Gasteiger partial charge on any atom is -0.380 e. The molecule has 1 heterocycles. The zero-order valence-electron chi connectivity index (χ0n) is 13.7. The molecule has 0 aromatic heterocycles. The number of likely N-dealkylation sites (tertiary alicyclic amines) is 1. The molecule has 2 rings (SSSR count). The molecule has 3 nitrogen and oxygen atoms in total. The fourth-order valence-corrected chi connectivity index (χ4v) is 3.08. The van der Waals surface area contributed by atoms with Gasteiger partial charge < -0.3 is 10.1 Å². The van der Waals surface area contributed by atoms with E-state index in [1.54, 1.807) is 0 Å². The third-order valence-corrected chi connectivity index (χ3v) is 4.26. The standard InChI is InChI=1S/C18H30N2O/c1-15(2)12-19-13-18(16-8-5-4-6-9-16)20-11-7-10-17(14-20)21-3/h4-6,8-9,15,17-19H,7,10-14H2,1-3H3. The second kappa shape index (κ2) is 8.52. The Kier molecular flexibility index (Phi) is 6.68. The van der Waals surface area contributed by atoms with Crippen LogP contribution in [0.5, 0.6) is 0 Å². The molecule has 118 valence electrons. The number of rotatable bonds is 7. The summed E-state index contributed by atoms with van der Waals surface area (Å²) in [6, 6.07) is 11.3. The Bertz CT molecular complexity index is 393. The van der Waals surface area contributed by atoms with Crippen LogP contribution < -0.4 is 5.32 Å². The van der Waals surface area contributed by atoms with Crippen LogP contribution >= 0.6 is 0 Å². The monoisotopic (exact) mass is 290 g/mol. The molecule has 1 saturated heterocycles. The molecule has 3 heteroatoms. The summed E-state index contributed by atoms with van der Waals surface area (Å²) in [4.78, 5) is 2.58. The third kappa shape index (κ3) is 5.10. The molecule has 1 aromatic carbocycles. The second-order valence-corrected chi connectivity index (χ2v) is 6.47. The minimum atomic E-state index is 0.384. The van der Waals surface area contributed by atoms with Crippen LogP contribution in [0.4, 0.5) is 0 Å². The predicted octanol–water partition coefficient (Wildman–Crippen LogP) is 3.08. The molecule has 0 amide bonds. The zero-order valence-corrected chi connectivity index (χ0v) is 13.7. The predicted molar refractivity (Wildman–Crippen MR) is 88.5 cm³/mol. The largest absolute Gasteiger partial charge is 0.380 e. The number of methoxy groups -OCH3 is 1. The van der Waals surface area contributed by atoms with E-state index in [0.29, 0.717) is 18.1 Å². The van der Waals surface area contributed by atoms with Crippen LogP contribution in [0.1, 0.15) is 38.3 Å². The lowest BCUT2D eigenvalue weighted by molar-refractivity contribution is 0.0140. The fourth-order valence-electron chi connectivity index (χ4n) is 3.08. The van der Waals surface area contributed by atoms with Crippen molar-refractivity contribution in [2.45, 2.75) is 38.8 Å². The number of benzene rings is 1. The minimum absolute atomic E-state index is 0.384. The summed E-state index contributed by atoms with van der Waals surface area (Å²) in [5.41, 5.74) is 1.41. The maximum absolute atomic E-state index is 5.59. The summed E-state index contributed by atoms with van der Waals surface area (Å²) in [7, 11) is 1.84. The van der Waals surface area contributed by atoms with E-state index >= 15 is 0 Å². The Morgan fingerprint density at radius 1 is 1.24 bits per heavy atom. The van der Waals surface area contributed by atoms with Crippen LogP contribution in [0.15, 0.2) is 30.3 Å². The van der Waals surface area contributed by atoms with Gasteiger partial charge in [0.1, 0.15) is 0 Å². The first kappa shape index (κ1) is 16.5. The lowest BCUT2D eigenvalue weighted by atomic mass is 10.00. The van der Waals surface area contributed by atoms with Crippen molar-refractivity contribution in [3.63, 3.8) is 0 Å². The van der Waals surface area contributed by atoms with Crippen molar-refractivity contribution in [1.29, 1.82) is 0 Å². The van der Waals surface area contributed by atoms with Gasteiger partial charge in [0, 0.05) is 26.2 Å². The Hall–Kier alpha value is -0.900. The normalized spacial score (nSPS) is 21.6. The van der Waals surface area contributed by atoms with Gasteiger partial charge in [-0.15, -0.1) is 0 Å². The van der Waals surface area contributed by atoms with Crippen molar-refractivity contribution in [3.8, 4) is 0 Å². The number of nitrogens with zero attached hydrogens (tertiary/aromatic N) is 1. The highest BCUT2D eigenvalue weighted by Crippen LogP contribution is 2.25. The van der Waals surface area contributed by atoms with Crippen LogP contribution in [0, 0.1) is 5.92 Å². The molecular weight excluding hydrogens is 260 g/mol. The van der Waals surface area contributed by atoms with Crippen molar-refractivity contribution in [3.05, 3.63) is 35.9 Å². The van der Waals surface area contributed by atoms with Gasteiger partial charge in [-0.25, -0.2) is 0 Å². The van der Waals surface area contributed by atoms with Crippen LogP contribution in [0.2, 0.25) is 0 Å². The first-order chi connectivity index (χ1) is 10.2. The first-order valence-corrected chi connectivity index (χ1v) is 8.23. The van der Waals surface area contributed by atoms with Gasteiger partial charge in [0.15, 0.2) is 0 Å². The van der Waals surface area contributed by atoms with E-state index in [-0.39, 0.29) is 0 Å². The molecule has 1 aliphatic heterocycles. The molecule has 0 saturated carbocycles. The van der Waals surface area contributed by atoms with Gasteiger partial charge in [0.05, 0.1) is 6.10 Å². The summed E-state index contributed by atoms with van der Waals surface area (Å²) >= 11 is 0. The van der Waals surface area contributed by atoms with Crippen LogP contribution in [0.25, 0.3) is 0 Å². The van der Waals surface area contributed by atoms with E-state index in [1.807, 2.05) is 7.11 Å². The van der Waals surface area contributed by atoms with Gasteiger partial charge in [0.25, 0.3) is 0 Å². The van der Waals surface area contributed by atoms with Gasteiger partial charge in [-0.05, 0) is 37.4 Å². The zero-order chi connectivity index (χ0) is 15.1. The molecule has 0 aliphatic carbocycles. The lowest BCUT2D eigenvalue weighted by Gasteiger charge is -2.38. The molecule has 1 N–H and O–H groups in total. The van der Waals surface area contributed by atoms with Crippen molar-refractivity contribution in [1.82, 2.24) is 10.2 Å². The average molecular weight is 290 g/mol. The topological polar surface area (TPSA) is 24.5 Å². The molecule has 0 spiro atoms. The number of ether oxygens (including phenoxy) is 1. The molecule has 0 radical (unpaired) electrons. The quantitative estimate of drug-likeness (QED) is 0.835. The molecule has 1 fully saturated rings. The Morgan fingerprint density at radius 2 is 2.00 bits per heavy atom. The smallest absolute Gasteiger partial charge is 0.0698 e. The molecule has 0 bridgehead atoms. The van der Waals surface area contributed by atoms with E-state index in [2.05, 4.69) is 54.4 Å². The van der Waals surface area contributed by atoms with Gasteiger partial charge in [0.2, 0.25) is 0 Å². The number of piperidine rings is 1. The van der Waals surface area contributed by atoms with Crippen molar-refractivity contribution in [2.75, 3.05) is 33.3 Å². The SMILES string of the molecule is COC1CCCN(C(CNCC(C)C)c2ccccc2)C1. The van der Waals surface area contributed by atoms with Crippen LogP contribution in [0.3, 0.4) is 0 Å². The van der Waals surface area contributed by atoms with Crippen molar-refractivity contribution in [2.24, 2.45) is 5.92 Å². The van der Waals surface area contributed by atoms with Gasteiger partial charge in [-0.2, -0.15) is 0 Å². The molecule has 1 aliphatic rings. The van der Waals surface area contributed by atoms with Gasteiger partial charge in [-0.3, -0.25) is 4.90 Å². The van der Waals surface area contributed by atoms with Crippen LogP contribution in [-0.2, 0) is 4.74 Å². The number of hydrogen-bond acceptors (Lipinski definition) is 3. The van der Waals surface area contributed by atoms with E-state index in [4.69, 9.17) is 4.74 Å². The molecule has 21 heavy (non-hydrogen) atoms. The summed E-state index contributed by atoms with van der Waals surface area (Å²) in [6.45, 7) is 8.81. The number of nitrogens with one attached hydrogen (secondary N) is 1. The summed E-state index contributed by atoms with van der Waals surface area (Å²) in [6.07, 6.45) is 2.80. The Balaban J connectivity index is 2.04. The highest BCUT2D eigenvalue weighted by atomic mass is 16.5. The van der Waals surface area contributed by atoms with E-state index in [9.17, 15) is 0 Å². The summed E-state index contributed by atoms with van der Waals surface area (Å²) < 4.78 is 5.59. The molecule has 2 unspecified atom stereocenters. The highest BCUT2D eigenvalue weighted by Gasteiger charge is 2.26. The van der Waals surface area contributed by atoms with E-state index in [1.165, 1.54) is 24.9 Å². The lowest BCUT2D eigenvalue weighted by Crippen LogP contribution is -2.44. The summed E-state index contributed by atoms with van der Waals surface area (Å²) in [5.74, 6) is 0.689. The second-order valence-electron chi connectivity index (χ2n) is 6.47. The maximum atomic E-state index is 5.59. The highest BCUT2D eigenvalue weighted by molar-refractivity contribution is 5.19. The van der Waals surface area contributed by atoms with Crippen molar-refractivity contribution >= 4 is 0 Å². The van der Waals surface area contributed by atoms with E-state index < -0.39 is 0 Å². The Morgan fingerprint density at radius 3 is 2.67 bits per heavy atom. The maximum Gasteiger partial charge on any atom is 0.0698 e. The third-order valence-electron chi connectivity index (χ3n) is 4.26. The van der Waals surface area contributed by atoms with Gasteiger partial charge >= 0.3 is 0 Å². The molecular formula is C18H30N2O. The molecule has 2 atom stereocenters. The number of hydrogen-bond donors (Lipinski definition) is 1. The fraction of sp³-hybridized carbons (Fsp3) is 0.667. The van der Waals surface area contributed by atoms with Gasteiger partial charge in [-0.1, -0.05) is 44.2 Å². The summed E-state index contributed by atoms with van der Waals surface area (Å²) in [5, 5.41) is 3.63. The molecule has 1 aromatic rings. The van der Waals surface area contributed by atoms with E-state index in [0.717, 1.165) is 19.6 Å². The first-order valence-electron chi connectivity index (χ1n) is 8.23. The average Bonchev–Trinajstić information content (AvgIpc) is 2.52. The van der Waals surface area contributed by atoms with Crippen molar-refractivity contribution < 1.29 is 4.74 Å². The Labute approximate surface area is 129 Å². The van der Waals surface area contributed by atoms with Crippen LogP contribution in [-0.4, -0.2) is 44.3 Å².